The number of rotatable bonds is 8. The molecule has 0 aliphatic rings. The fourth-order valence-electron chi connectivity index (χ4n) is 1.33. The normalized spacial score (nSPS) is 10.5. The standard InChI is InChI=1S/C11H21N3O/c1-3-7-14-10-11(9-13-14)15-8-5-6-12-4-2/h9-10,12H,3-8H2,1-2H3. The van der Waals surface area contributed by atoms with Gasteiger partial charge in [0.15, 0.2) is 5.75 Å². The van der Waals surface area contributed by atoms with Crippen LogP contribution in [-0.2, 0) is 6.54 Å². The highest BCUT2D eigenvalue weighted by Gasteiger charge is 1.97. The van der Waals surface area contributed by atoms with Gasteiger partial charge in [0.25, 0.3) is 0 Å². The Balaban J connectivity index is 2.14. The van der Waals surface area contributed by atoms with Gasteiger partial charge in [-0.2, -0.15) is 5.10 Å². The lowest BCUT2D eigenvalue weighted by Crippen LogP contribution is -2.16. The van der Waals surface area contributed by atoms with E-state index in [9.17, 15) is 0 Å². The maximum absolute atomic E-state index is 5.56. The molecule has 1 aromatic heterocycles. The Morgan fingerprint density at radius 3 is 3.07 bits per heavy atom. The minimum atomic E-state index is 0.755. The van der Waals surface area contributed by atoms with Gasteiger partial charge in [0, 0.05) is 6.54 Å². The molecule has 1 heterocycles. The maximum Gasteiger partial charge on any atom is 0.157 e. The van der Waals surface area contributed by atoms with E-state index in [2.05, 4.69) is 24.3 Å². The van der Waals surface area contributed by atoms with Crippen LogP contribution in [0.1, 0.15) is 26.7 Å². The summed E-state index contributed by atoms with van der Waals surface area (Å²) in [6.07, 6.45) is 5.87. The fraction of sp³-hybridized carbons (Fsp3) is 0.727. The van der Waals surface area contributed by atoms with Crippen LogP contribution in [0, 0.1) is 0 Å². The molecule has 0 amide bonds. The van der Waals surface area contributed by atoms with E-state index in [4.69, 9.17) is 4.74 Å². The Morgan fingerprint density at radius 2 is 2.33 bits per heavy atom. The van der Waals surface area contributed by atoms with Crippen LogP contribution < -0.4 is 10.1 Å². The second-order valence-electron chi connectivity index (χ2n) is 3.49. The van der Waals surface area contributed by atoms with Crippen molar-refractivity contribution in [2.45, 2.75) is 33.2 Å². The molecule has 0 fully saturated rings. The zero-order chi connectivity index (χ0) is 10.9. The van der Waals surface area contributed by atoms with E-state index in [1.165, 1.54) is 0 Å². The first-order valence-corrected chi connectivity index (χ1v) is 5.72. The summed E-state index contributed by atoms with van der Waals surface area (Å²) >= 11 is 0. The summed E-state index contributed by atoms with van der Waals surface area (Å²) in [6, 6.07) is 0. The van der Waals surface area contributed by atoms with Crippen LogP contribution in [0.3, 0.4) is 0 Å². The van der Waals surface area contributed by atoms with Gasteiger partial charge < -0.3 is 10.1 Å². The minimum absolute atomic E-state index is 0.755. The first-order chi connectivity index (χ1) is 7.36. The van der Waals surface area contributed by atoms with Crippen molar-refractivity contribution in [1.82, 2.24) is 15.1 Å². The molecule has 0 aromatic carbocycles. The molecule has 15 heavy (non-hydrogen) atoms. The van der Waals surface area contributed by atoms with Gasteiger partial charge in [-0.25, -0.2) is 0 Å². The zero-order valence-electron chi connectivity index (χ0n) is 9.70. The lowest BCUT2D eigenvalue weighted by molar-refractivity contribution is 0.308. The van der Waals surface area contributed by atoms with E-state index in [-0.39, 0.29) is 0 Å². The predicted octanol–water partition coefficient (Wildman–Crippen LogP) is 1.67. The second-order valence-corrected chi connectivity index (χ2v) is 3.49. The highest BCUT2D eigenvalue weighted by atomic mass is 16.5. The zero-order valence-corrected chi connectivity index (χ0v) is 9.70. The molecule has 0 spiro atoms. The van der Waals surface area contributed by atoms with E-state index in [1.54, 1.807) is 6.20 Å². The van der Waals surface area contributed by atoms with Crippen molar-refractivity contribution in [3.05, 3.63) is 12.4 Å². The summed E-state index contributed by atoms with van der Waals surface area (Å²) in [5.74, 6) is 0.875. The minimum Gasteiger partial charge on any atom is -0.490 e. The monoisotopic (exact) mass is 211 g/mol. The second kappa shape index (κ2) is 7.29. The van der Waals surface area contributed by atoms with E-state index in [0.717, 1.165) is 44.8 Å². The van der Waals surface area contributed by atoms with Crippen LogP contribution in [-0.4, -0.2) is 29.5 Å². The van der Waals surface area contributed by atoms with Gasteiger partial charge in [0.1, 0.15) is 0 Å². The molecule has 0 unspecified atom stereocenters. The largest absolute Gasteiger partial charge is 0.490 e. The van der Waals surface area contributed by atoms with Crippen molar-refractivity contribution in [3.63, 3.8) is 0 Å². The number of nitrogens with one attached hydrogen (secondary N) is 1. The highest BCUT2D eigenvalue weighted by Crippen LogP contribution is 2.08. The molecule has 0 aliphatic heterocycles. The average Bonchev–Trinajstić information content (AvgIpc) is 2.66. The molecule has 1 rings (SSSR count). The Morgan fingerprint density at radius 1 is 1.47 bits per heavy atom. The summed E-state index contributed by atoms with van der Waals surface area (Å²) in [4.78, 5) is 0. The van der Waals surface area contributed by atoms with Gasteiger partial charge >= 0.3 is 0 Å². The first-order valence-electron chi connectivity index (χ1n) is 5.72. The van der Waals surface area contributed by atoms with E-state index in [1.807, 2.05) is 10.9 Å². The lowest BCUT2D eigenvalue weighted by Gasteiger charge is -2.03. The van der Waals surface area contributed by atoms with Crippen molar-refractivity contribution in [1.29, 1.82) is 0 Å². The first kappa shape index (κ1) is 12.0. The number of hydrogen-bond donors (Lipinski definition) is 1. The molecule has 0 atom stereocenters. The third-order valence-electron chi connectivity index (χ3n) is 2.08. The maximum atomic E-state index is 5.56. The Bertz CT molecular complexity index is 260. The van der Waals surface area contributed by atoms with Crippen LogP contribution in [0.2, 0.25) is 0 Å². The molecule has 4 nitrogen and oxygen atoms in total. The van der Waals surface area contributed by atoms with Gasteiger partial charge in [-0.15, -0.1) is 0 Å². The molecule has 0 bridgehead atoms. The molecule has 0 aliphatic carbocycles. The number of aromatic nitrogens is 2. The fourth-order valence-corrected chi connectivity index (χ4v) is 1.33. The number of aryl methyl sites for hydroxylation is 1. The quantitative estimate of drug-likeness (QED) is 0.665. The topological polar surface area (TPSA) is 39.1 Å². The van der Waals surface area contributed by atoms with Crippen molar-refractivity contribution >= 4 is 0 Å². The van der Waals surface area contributed by atoms with Crippen LogP contribution in [0.25, 0.3) is 0 Å². The molecule has 0 saturated heterocycles. The third kappa shape index (κ3) is 4.83. The molecule has 0 saturated carbocycles. The molecular formula is C11H21N3O. The van der Waals surface area contributed by atoms with Crippen molar-refractivity contribution in [2.24, 2.45) is 0 Å². The van der Waals surface area contributed by atoms with E-state index >= 15 is 0 Å². The highest BCUT2D eigenvalue weighted by molar-refractivity contribution is 5.11. The number of ether oxygens (including phenoxy) is 1. The number of nitrogens with zero attached hydrogens (tertiary/aromatic N) is 2. The summed E-state index contributed by atoms with van der Waals surface area (Å²) in [7, 11) is 0. The third-order valence-corrected chi connectivity index (χ3v) is 2.08. The average molecular weight is 211 g/mol. The molecule has 0 radical (unpaired) electrons. The number of hydrogen-bond acceptors (Lipinski definition) is 3. The molecule has 1 aromatic rings. The van der Waals surface area contributed by atoms with Crippen LogP contribution in [0.4, 0.5) is 0 Å². The lowest BCUT2D eigenvalue weighted by atomic mass is 10.4. The van der Waals surface area contributed by atoms with Crippen LogP contribution in [0.15, 0.2) is 12.4 Å². The van der Waals surface area contributed by atoms with Gasteiger partial charge in [0.05, 0.1) is 19.0 Å². The summed E-state index contributed by atoms with van der Waals surface area (Å²) < 4.78 is 7.47. The van der Waals surface area contributed by atoms with Gasteiger partial charge in [0.2, 0.25) is 0 Å². The van der Waals surface area contributed by atoms with Crippen molar-refractivity contribution in [2.75, 3.05) is 19.7 Å². The predicted molar refractivity (Wildman–Crippen MR) is 61.2 cm³/mol. The van der Waals surface area contributed by atoms with Gasteiger partial charge in [-0.3, -0.25) is 4.68 Å². The van der Waals surface area contributed by atoms with E-state index in [0.29, 0.717) is 0 Å². The van der Waals surface area contributed by atoms with Crippen LogP contribution >= 0.6 is 0 Å². The van der Waals surface area contributed by atoms with Crippen molar-refractivity contribution < 1.29 is 4.74 Å². The Kier molecular flexibility index (Phi) is 5.85. The Hall–Kier alpha value is -1.03. The van der Waals surface area contributed by atoms with Gasteiger partial charge in [-0.05, 0) is 25.9 Å². The van der Waals surface area contributed by atoms with Gasteiger partial charge in [-0.1, -0.05) is 13.8 Å². The molecule has 86 valence electrons. The SMILES string of the molecule is CCCn1cc(OCCCNCC)cn1. The summed E-state index contributed by atoms with van der Waals surface area (Å²) in [6.45, 7) is 7.99. The molecule has 1 N–H and O–H groups in total. The molecule has 4 heteroatoms. The van der Waals surface area contributed by atoms with Crippen LogP contribution in [0.5, 0.6) is 5.75 Å². The molecular weight excluding hydrogens is 190 g/mol. The van der Waals surface area contributed by atoms with E-state index < -0.39 is 0 Å². The van der Waals surface area contributed by atoms with Crippen molar-refractivity contribution in [3.8, 4) is 5.75 Å². The Labute approximate surface area is 91.6 Å². The summed E-state index contributed by atoms with van der Waals surface area (Å²) in [5, 5.41) is 7.46. The summed E-state index contributed by atoms with van der Waals surface area (Å²) in [5.41, 5.74) is 0. The smallest absolute Gasteiger partial charge is 0.157 e.